The second kappa shape index (κ2) is 13.6. The van der Waals surface area contributed by atoms with E-state index in [2.05, 4.69) is 23.5 Å². The Kier molecular flexibility index (Phi) is 9.84. The molecule has 0 radical (unpaired) electrons. The molecular weight excluding hydrogens is 562 g/mol. The lowest BCUT2D eigenvalue weighted by atomic mass is 9.65. The molecule has 1 aromatic heterocycles. The van der Waals surface area contributed by atoms with Crippen LogP contribution in [0.15, 0.2) is 49.6 Å². The third kappa shape index (κ3) is 5.56. The number of esters is 1. The first-order chi connectivity index (χ1) is 21.4. The minimum absolute atomic E-state index is 0.0602. The van der Waals surface area contributed by atoms with Crippen molar-refractivity contribution in [2.24, 2.45) is 11.8 Å². The van der Waals surface area contributed by atoms with Crippen molar-refractivity contribution in [3.63, 3.8) is 0 Å². The molecule has 2 aromatic rings. The van der Waals surface area contributed by atoms with E-state index in [0.717, 1.165) is 18.4 Å². The number of likely N-dealkylation sites (tertiary alicyclic amines) is 1. The number of ether oxygens (including phenoxy) is 2. The summed E-state index contributed by atoms with van der Waals surface area (Å²) in [5.41, 5.74) is -0.497. The van der Waals surface area contributed by atoms with Gasteiger partial charge in [-0.05, 0) is 69.9 Å². The van der Waals surface area contributed by atoms with Gasteiger partial charge in [0.2, 0.25) is 11.8 Å². The molecule has 1 spiro atoms. The first kappa shape index (κ1) is 31.8. The number of fused-ring (bicyclic) bond motifs is 2. The zero-order valence-electron chi connectivity index (χ0n) is 25.7. The van der Waals surface area contributed by atoms with Crippen molar-refractivity contribution in [2.75, 3.05) is 26.3 Å². The highest BCUT2D eigenvalue weighted by molar-refractivity contribution is 5.98. The Morgan fingerprint density at radius 2 is 1.98 bits per heavy atom. The number of nitrogens with zero attached hydrogens (tertiary/aromatic N) is 5. The molecule has 2 amide bonds. The summed E-state index contributed by atoms with van der Waals surface area (Å²) in [6.45, 7) is 10.6. The molecule has 238 valence electrons. The molecule has 4 heterocycles. The number of hydrogen-bond donors (Lipinski definition) is 1. The van der Waals surface area contributed by atoms with Crippen LogP contribution in [0.5, 0.6) is 0 Å². The summed E-state index contributed by atoms with van der Waals surface area (Å²) in [5.74, 6) is -2.51. The van der Waals surface area contributed by atoms with E-state index in [1.54, 1.807) is 20.6 Å². The van der Waals surface area contributed by atoms with Gasteiger partial charge in [-0.2, -0.15) is 0 Å². The summed E-state index contributed by atoms with van der Waals surface area (Å²) in [6.07, 6.45) is 9.43. The second-order valence-corrected chi connectivity index (χ2v) is 12.2. The number of carbonyl (C=O) groups is 3. The molecule has 5 atom stereocenters. The summed E-state index contributed by atoms with van der Waals surface area (Å²) in [6, 6.07) is 6.62. The standard InChI is InChI=1S/C33H45N5O6/c1-4-7-8-14-22-43-31(42)27-26-29(40)37(20-12-9-13-21-39)28(33(26)18-17-32(27,6-3)44-33)30(41)36(19-5-2)23-38-25-16-11-10-15-24(25)34-35-38/h4-5,10-11,15-16,26-28,39H,1-2,6-9,12-14,17-23H2,3H3/t26-,27-,28?,32+,33?/m0/s1. The molecule has 1 N–H and O–H groups in total. The van der Waals surface area contributed by atoms with Gasteiger partial charge in [-0.3, -0.25) is 14.4 Å². The Bertz CT molecular complexity index is 1380. The predicted octanol–water partition coefficient (Wildman–Crippen LogP) is 3.62. The van der Waals surface area contributed by atoms with Crippen LogP contribution in [-0.2, 0) is 30.5 Å². The van der Waals surface area contributed by atoms with E-state index in [1.807, 2.05) is 37.3 Å². The zero-order chi connectivity index (χ0) is 31.3. The van der Waals surface area contributed by atoms with E-state index in [1.165, 1.54) is 0 Å². The Labute approximate surface area is 258 Å². The van der Waals surface area contributed by atoms with Gasteiger partial charge in [-0.1, -0.05) is 36.4 Å². The molecule has 2 unspecified atom stereocenters. The molecule has 3 aliphatic heterocycles. The molecule has 0 saturated carbocycles. The van der Waals surface area contributed by atoms with E-state index < -0.39 is 35.0 Å². The van der Waals surface area contributed by atoms with Crippen molar-refractivity contribution in [2.45, 2.75) is 88.6 Å². The summed E-state index contributed by atoms with van der Waals surface area (Å²) < 4.78 is 14.3. The third-order valence-corrected chi connectivity index (χ3v) is 9.66. The highest BCUT2D eigenvalue weighted by atomic mass is 16.6. The topological polar surface area (TPSA) is 127 Å². The van der Waals surface area contributed by atoms with Gasteiger partial charge in [0.05, 0.1) is 23.6 Å². The number of benzene rings is 1. The zero-order valence-corrected chi connectivity index (χ0v) is 25.7. The van der Waals surface area contributed by atoms with Crippen LogP contribution in [0, 0.1) is 11.8 Å². The Morgan fingerprint density at radius 1 is 1.16 bits per heavy atom. The number of para-hydroxylation sites is 1. The minimum Gasteiger partial charge on any atom is -0.465 e. The normalized spacial score (nSPS) is 27.1. The largest absolute Gasteiger partial charge is 0.465 e. The van der Waals surface area contributed by atoms with Crippen LogP contribution in [0.2, 0.25) is 0 Å². The van der Waals surface area contributed by atoms with Crippen LogP contribution in [0.4, 0.5) is 0 Å². The van der Waals surface area contributed by atoms with E-state index in [4.69, 9.17) is 9.47 Å². The molecule has 3 saturated heterocycles. The van der Waals surface area contributed by atoms with E-state index in [9.17, 15) is 19.5 Å². The van der Waals surface area contributed by atoms with Crippen molar-refractivity contribution in [1.82, 2.24) is 24.8 Å². The molecule has 3 fully saturated rings. The highest BCUT2D eigenvalue weighted by Gasteiger charge is 2.79. The molecule has 1 aromatic carbocycles. The fraction of sp³-hybridized carbons (Fsp3) is 0.606. The van der Waals surface area contributed by atoms with Crippen LogP contribution in [0.1, 0.15) is 64.7 Å². The number of amides is 2. The molecule has 0 aliphatic carbocycles. The number of aliphatic hydroxyl groups excluding tert-OH is 1. The summed E-state index contributed by atoms with van der Waals surface area (Å²) in [7, 11) is 0. The highest BCUT2D eigenvalue weighted by Crippen LogP contribution is 2.64. The summed E-state index contributed by atoms with van der Waals surface area (Å²) in [5, 5.41) is 17.8. The quantitative estimate of drug-likeness (QED) is 0.164. The number of aromatic nitrogens is 3. The number of rotatable bonds is 17. The molecule has 11 heteroatoms. The van der Waals surface area contributed by atoms with Gasteiger partial charge in [0.1, 0.15) is 29.7 Å². The van der Waals surface area contributed by atoms with Gasteiger partial charge in [-0.15, -0.1) is 18.3 Å². The number of allylic oxidation sites excluding steroid dienone is 1. The van der Waals surface area contributed by atoms with Crippen LogP contribution in [0.3, 0.4) is 0 Å². The Morgan fingerprint density at radius 3 is 2.73 bits per heavy atom. The SMILES string of the molecule is C=CCCCCOC(=O)[C@@H]1[C@H]2C(=O)N(CCCCCO)C(C(=O)N(CC=C)Cn3nnc4ccccc43)C23CC[C@@]1(CC)O3. The number of unbranched alkanes of at least 4 members (excludes halogenated alkanes) is 4. The predicted molar refractivity (Wildman–Crippen MR) is 164 cm³/mol. The van der Waals surface area contributed by atoms with Crippen LogP contribution >= 0.6 is 0 Å². The van der Waals surface area contributed by atoms with Crippen molar-refractivity contribution >= 4 is 28.8 Å². The maximum Gasteiger partial charge on any atom is 0.312 e. The lowest BCUT2D eigenvalue weighted by Crippen LogP contribution is -2.56. The average Bonchev–Trinajstić information content (AvgIpc) is 3.76. The number of hydrogen-bond acceptors (Lipinski definition) is 8. The maximum atomic E-state index is 14.7. The first-order valence-electron chi connectivity index (χ1n) is 15.9. The molecule has 3 aliphatic rings. The monoisotopic (exact) mass is 607 g/mol. The van der Waals surface area contributed by atoms with Gasteiger partial charge in [0.25, 0.3) is 0 Å². The smallest absolute Gasteiger partial charge is 0.312 e. The molecule has 11 nitrogen and oxygen atoms in total. The van der Waals surface area contributed by atoms with Crippen molar-refractivity contribution < 1.29 is 29.0 Å². The van der Waals surface area contributed by atoms with Crippen molar-refractivity contribution in [3.05, 3.63) is 49.6 Å². The van der Waals surface area contributed by atoms with E-state index >= 15 is 0 Å². The second-order valence-electron chi connectivity index (χ2n) is 12.2. The Hall–Kier alpha value is -3.57. The summed E-state index contributed by atoms with van der Waals surface area (Å²) in [4.78, 5) is 46.0. The third-order valence-electron chi connectivity index (χ3n) is 9.66. The average molecular weight is 608 g/mol. The lowest BCUT2D eigenvalue weighted by Gasteiger charge is -2.36. The number of aliphatic hydroxyl groups is 1. The van der Waals surface area contributed by atoms with Crippen LogP contribution in [-0.4, -0.2) is 91.2 Å². The molecule has 5 rings (SSSR count). The van der Waals surface area contributed by atoms with Crippen molar-refractivity contribution in [3.8, 4) is 0 Å². The molecule has 44 heavy (non-hydrogen) atoms. The number of carbonyl (C=O) groups excluding carboxylic acids is 3. The summed E-state index contributed by atoms with van der Waals surface area (Å²) >= 11 is 0. The van der Waals surface area contributed by atoms with E-state index in [0.29, 0.717) is 57.0 Å². The van der Waals surface area contributed by atoms with Crippen LogP contribution in [0.25, 0.3) is 11.0 Å². The first-order valence-corrected chi connectivity index (χ1v) is 15.9. The van der Waals surface area contributed by atoms with Gasteiger partial charge in [0.15, 0.2) is 0 Å². The van der Waals surface area contributed by atoms with Gasteiger partial charge in [0, 0.05) is 19.7 Å². The minimum atomic E-state index is -1.14. The van der Waals surface area contributed by atoms with Gasteiger partial charge >= 0.3 is 5.97 Å². The van der Waals surface area contributed by atoms with Crippen LogP contribution < -0.4 is 0 Å². The van der Waals surface area contributed by atoms with Crippen molar-refractivity contribution in [1.29, 1.82) is 0 Å². The fourth-order valence-electron chi connectivity index (χ4n) is 7.55. The molecule has 2 bridgehead atoms. The molecular formula is C33H45N5O6. The maximum absolute atomic E-state index is 14.7. The Balaban J connectivity index is 1.47. The van der Waals surface area contributed by atoms with Gasteiger partial charge < -0.3 is 24.4 Å². The van der Waals surface area contributed by atoms with Gasteiger partial charge in [-0.25, -0.2) is 4.68 Å². The van der Waals surface area contributed by atoms with E-state index in [-0.39, 0.29) is 38.2 Å². The fourth-order valence-corrected chi connectivity index (χ4v) is 7.55. The lowest BCUT2D eigenvalue weighted by molar-refractivity contribution is -0.162.